The fraction of sp³-hybridized carbons (Fsp3) is 0.357. The van der Waals surface area contributed by atoms with Crippen molar-refractivity contribution >= 4 is 32.4 Å². The minimum atomic E-state index is -4.05. The van der Waals surface area contributed by atoms with Crippen molar-refractivity contribution in [1.29, 1.82) is 0 Å². The summed E-state index contributed by atoms with van der Waals surface area (Å²) in [5.41, 5.74) is 0.00813. The molecule has 0 spiro atoms. The lowest BCUT2D eigenvalue weighted by Crippen LogP contribution is -2.31. The van der Waals surface area contributed by atoms with E-state index >= 15 is 0 Å². The van der Waals surface area contributed by atoms with Gasteiger partial charge in [-0.2, -0.15) is 0 Å². The summed E-state index contributed by atoms with van der Waals surface area (Å²) in [5.74, 6) is -1.52. The van der Waals surface area contributed by atoms with Crippen molar-refractivity contribution < 1.29 is 17.6 Å². The Kier molecular flexibility index (Phi) is 5.62. The molecule has 2 rings (SSSR count). The fourth-order valence-corrected chi connectivity index (χ4v) is 3.87. The topological polar surface area (TPSA) is 101 Å². The number of halogens is 1. The van der Waals surface area contributed by atoms with E-state index in [1.54, 1.807) is 13.8 Å². The molecule has 0 radical (unpaired) electrons. The molecule has 1 aromatic carbocycles. The van der Waals surface area contributed by atoms with Gasteiger partial charge in [-0.3, -0.25) is 10.1 Å². The second-order valence-corrected chi connectivity index (χ2v) is 7.97. The Morgan fingerprint density at radius 1 is 1.33 bits per heavy atom. The van der Waals surface area contributed by atoms with Gasteiger partial charge in [0.05, 0.1) is 0 Å². The van der Waals surface area contributed by atoms with Crippen molar-refractivity contribution in [2.75, 3.05) is 5.32 Å². The Bertz CT molecular complexity index is 849. The van der Waals surface area contributed by atoms with Crippen LogP contribution in [0.2, 0.25) is 0 Å². The van der Waals surface area contributed by atoms with Crippen LogP contribution in [-0.2, 0) is 16.4 Å². The third-order valence-corrected chi connectivity index (χ3v) is 5.52. The van der Waals surface area contributed by atoms with E-state index in [9.17, 15) is 17.6 Å². The average molecular weight is 372 g/mol. The zero-order valence-electron chi connectivity index (χ0n) is 13.3. The zero-order valence-corrected chi connectivity index (χ0v) is 15.0. The third kappa shape index (κ3) is 4.34. The lowest BCUT2D eigenvalue weighted by molar-refractivity contribution is 0.102. The minimum absolute atomic E-state index is 0.00813. The predicted octanol–water partition coefficient (Wildman–Crippen LogP) is 2.18. The van der Waals surface area contributed by atoms with Crippen LogP contribution < -0.4 is 10.0 Å². The van der Waals surface area contributed by atoms with Crippen molar-refractivity contribution in [1.82, 2.24) is 14.9 Å². The largest absolute Gasteiger partial charge is 0.296 e. The molecule has 10 heteroatoms. The number of aryl methyl sites for hydroxylation is 1. The summed E-state index contributed by atoms with van der Waals surface area (Å²) in [7, 11) is -4.05. The van der Waals surface area contributed by atoms with Crippen LogP contribution in [0.3, 0.4) is 0 Å². The normalized spacial score (nSPS) is 11.7. The van der Waals surface area contributed by atoms with E-state index in [0.717, 1.165) is 17.1 Å². The first-order chi connectivity index (χ1) is 11.2. The molecule has 0 fully saturated rings. The molecule has 1 amide bonds. The third-order valence-electron chi connectivity index (χ3n) is 2.86. The van der Waals surface area contributed by atoms with Crippen LogP contribution in [0.5, 0.6) is 0 Å². The maximum absolute atomic E-state index is 13.9. The van der Waals surface area contributed by atoms with Gasteiger partial charge >= 0.3 is 0 Å². The molecule has 0 atom stereocenters. The van der Waals surface area contributed by atoms with Crippen molar-refractivity contribution in [3.63, 3.8) is 0 Å². The molecular weight excluding hydrogens is 355 g/mol. The van der Waals surface area contributed by atoms with Gasteiger partial charge < -0.3 is 0 Å². The number of benzene rings is 1. The van der Waals surface area contributed by atoms with Gasteiger partial charge in [0, 0.05) is 11.6 Å². The number of sulfonamides is 1. The number of rotatable bonds is 6. The Morgan fingerprint density at radius 2 is 2.04 bits per heavy atom. The summed E-state index contributed by atoms with van der Waals surface area (Å²) in [6.45, 7) is 5.14. The van der Waals surface area contributed by atoms with Crippen LogP contribution in [0.4, 0.5) is 9.52 Å². The molecule has 0 aliphatic rings. The van der Waals surface area contributed by atoms with E-state index in [4.69, 9.17) is 0 Å². The van der Waals surface area contributed by atoms with E-state index in [1.807, 2.05) is 6.92 Å². The highest BCUT2D eigenvalue weighted by Gasteiger charge is 2.22. The molecule has 0 saturated carbocycles. The smallest absolute Gasteiger partial charge is 0.257 e. The highest BCUT2D eigenvalue weighted by molar-refractivity contribution is 7.89. The summed E-state index contributed by atoms with van der Waals surface area (Å²) in [5, 5.41) is 11.3. The fourth-order valence-electron chi connectivity index (χ4n) is 1.84. The molecule has 2 N–H and O–H groups in total. The van der Waals surface area contributed by atoms with Crippen molar-refractivity contribution in [2.24, 2.45) is 0 Å². The highest BCUT2D eigenvalue weighted by atomic mass is 32.2. The Hall–Kier alpha value is -1.91. The second kappa shape index (κ2) is 7.32. The van der Waals surface area contributed by atoms with Crippen LogP contribution in [-0.4, -0.2) is 30.6 Å². The molecule has 0 bridgehead atoms. The molecule has 7 nitrogen and oxygen atoms in total. The second-order valence-electron chi connectivity index (χ2n) is 5.23. The predicted molar refractivity (Wildman–Crippen MR) is 89.1 cm³/mol. The van der Waals surface area contributed by atoms with Gasteiger partial charge in [0.15, 0.2) is 0 Å². The van der Waals surface area contributed by atoms with Crippen molar-refractivity contribution in [3.05, 3.63) is 34.6 Å². The Balaban J connectivity index is 2.28. The average Bonchev–Trinajstić information content (AvgIpc) is 2.93. The van der Waals surface area contributed by atoms with Gasteiger partial charge in [0.1, 0.15) is 15.7 Å². The molecule has 0 aliphatic heterocycles. The number of hydrogen-bond donors (Lipinski definition) is 2. The van der Waals surface area contributed by atoms with Crippen LogP contribution in [0.25, 0.3) is 0 Å². The van der Waals surface area contributed by atoms with E-state index in [-0.39, 0.29) is 5.56 Å². The van der Waals surface area contributed by atoms with Crippen molar-refractivity contribution in [2.45, 2.75) is 38.1 Å². The number of nitrogens with one attached hydrogen (secondary N) is 2. The monoisotopic (exact) mass is 372 g/mol. The van der Waals surface area contributed by atoms with Gasteiger partial charge in [-0.1, -0.05) is 18.3 Å². The molecule has 2 aromatic rings. The number of aromatic nitrogens is 2. The summed E-state index contributed by atoms with van der Waals surface area (Å²) in [6.07, 6.45) is 0.688. The quantitative estimate of drug-likeness (QED) is 0.809. The van der Waals surface area contributed by atoms with Crippen molar-refractivity contribution in [3.8, 4) is 0 Å². The number of anilines is 1. The van der Waals surface area contributed by atoms with Gasteiger partial charge in [-0.25, -0.2) is 17.5 Å². The minimum Gasteiger partial charge on any atom is -0.296 e. The van der Waals surface area contributed by atoms with Gasteiger partial charge in [0.2, 0.25) is 15.2 Å². The van der Waals surface area contributed by atoms with Crippen LogP contribution in [0.1, 0.15) is 36.1 Å². The number of nitrogens with zero attached hydrogens (tertiary/aromatic N) is 2. The Morgan fingerprint density at radius 3 is 2.62 bits per heavy atom. The molecular formula is C14H17FN4O3S2. The van der Waals surface area contributed by atoms with Crippen LogP contribution in [0, 0.1) is 5.82 Å². The van der Waals surface area contributed by atoms with E-state index in [0.29, 0.717) is 11.6 Å². The SMILES string of the molecule is CCc1nnc(NC(=O)c2ccc(F)c(S(=O)(=O)NC(C)C)c2)s1. The standard InChI is InChI=1S/C14H17FN4O3S2/c1-4-12-17-18-14(23-12)16-13(20)9-5-6-10(15)11(7-9)24(21,22)19-8(2)3/h5-8,19H,4H2,1-3H3,(H,16,18,20). The lowest BCUT2D eigenvalue weighted by Gasteiger charge is -2.11. The highest BCUT2D eigenvalue weighted by Crippen LogP contribution is 2.20. The summed E-state index contributed by atoms with van der Waals surface area (Å²) in [4.78, 5) is 11.6. The van der Waals surface area contributed by atoms with Gasteiger partial charge in [-0.05, 0) is 38.5 Å². The number of carbonyl (C=O) groups excluding carboxylic acids is 1. The van der Waals surface area contributed by atoms with E-state index in [1.165, 1.54) is 17.4 Å². The molecule has 130 valence electrons. The van der Waals surface area contributed by atoms with E-state index in [2.05, 4.69) is 20.2 Å². The van der Waals surface area contributed by atoms with Gasteiger partial charge in [-0.15, -0.1) is 10.2 Å². The molecule has 1 heterocycles. The zero-order chi connectivity index (χ0) is 17.9. The molecule has 0 saturated heterocycles. The molecule has 1 aromatic heterocycles. The molecule has 0 unspecified atom stereocenters. The first-order valence-electron chi connectivity index (χ1n) is 7.18. The number of hydrogen-bond acceptors (Lipinski definition) is 6. The first-order valence-corrected chi connectivity index (χ1v) is 9.48. The maximum atomic E-state index is 13.9. The molecule has 24 heavy (non-hydrogen) atoms. The lowest BCUT2D eigenvalue weighted by atomic mass is 10.2. The number of amides is 1. The molecule has 0 aliphatic carbocycles. The Labute approximate surface area is 143 Å². The first kappa shape index (κ1) is 18.4. The van der Waals surface area contributed by atoms with Crippen LogP contribution >= 0.6 is 11.3 Å². The number of carbonyl (C=O) groups is 1. The maximum Gasteiger partial charge on any atom is 0.257 e. The van der Waals surface area contributed by atoms with Gasteiger partial charge in [0.25, 0.3) is 5.91 Å². The summed E-state index contributed by atoms with van der Waals surface area (Å²) in [6, 6.07) is 2.75. The van der Waals surface area contributed by atoms with E-state index < -0.39 is 32.7 Å². The summed E-state index contributed by atoms with van der Waals surface area (Å²) >= 11 is 1.22. The summed E-state index contributed by atoms with van der Waals surface area (Å²) < 4.78 is 40.4. The van der Waals surface area contributed by atoms with Crippen LogP contribution in [0.15, 0.2) is 23.1 Å².